The van der Waals surface area contributed by atoms with Crippen LogP contribution in [-0.2, 0) is 20.9 Å². The van der Waals surface area contributed by atoms with Gasteiger partial charge in [0.05, 0.1) is 13.1 Å². The van der Waals surface area contributed by atoms with Crippen LogP contribution < -0.4 is 0 Å². The highest BCUT2D eigenvalue weighted by atomic mass is 16.6. The highest BCUT2D eigenvalue weighted by Crippen LogP contribution is 2.25. The number of hydrogen-bond donors (Lipinski definition) is 1. The van der Waals surface area contributed by atoms with Crippen molar-refractivity contribution in [2.75, 3.05) is 19.7 Å². The maximum absolute atomic E-state index is 11.8. The third-order valence-corrected chi connectivity index (χ3v) is 3.06. The molecule has 1 aliphatic heterocycles. The molecule has 1 N–H and O–H groups in total. The summed E-state index contributed by atoms with van der Waals surface area (Å²) >= 11 is 0. The highest BCUT2D eigenvalue weighted by Gasteiger charge is 2.43. The molecule has 1 heterocycles. The molecule has 0 aromatic heterocycles. The van der Waals surface area contributed by atoms with Crippen LogP contribution in [0.4, 0.5) is 4.79 Å². The molecule has 2 rings (SSSR count). The molecule has 1 fully saturated rings. The quantitative estimate of drug-likeness (QED) is 0.884. The SMILES string of the molecule is CC1(OCC(=O)O)CN(C(=O)OCc2ccccc2)C1. The molecule has 0 unspecified atom stereocenters. The van der Waals surface area contributed by atoms with Crippen molar-refractivity contribution in [2.45, 2.75) is 19.1 Å². The zero-order valence-electron chi connectivity index (χ0n) is 11.2. The fraction of sp³-hybridized carbons (Fsp3) is 0.429. The Morgan fingerprint density at radius 2 is 1.95 bits per heavy atom. The van der Waals surface area contributed by atoms with Gasteiger partial charge in [-0.05, 0) is 12.5 Å². The minimum absolute atomic E-state index is 0.225. The maximum atomic E-state index is 11.8. The number of ether oxygens (including phenoxy) is 2. The van der Waals surface area contributed by atoms with Gasteiger partial charge >= 0.3 is 12.1 Å². The summed E-state index contributed by atoms with van der Waals surface area (Å²) in [5.41, 5.74) is 0.329. The molecule has 20 heavy (non-hydrogen) atoms. The molecule has 6 heteroatoms. The predicted octanol–water partition coefficient (Wildman–Crippen LogP) is 1.50. The lowest BCUT2D eigenvalue weighted by atomic mass is 9.97. The van der Waals surface area contributed by atoms with Crippen molar-refractivity contribution in [3.63, 3.8) is 0 Å². The van der Waals surface area contributed by atoms with Gasteiger partial charge in [-0.3, -0.25) is 0 Å². The van der Waals surface area contributed by atoms with Crippen molar-refractivity contribution in [3.05, 3.63) is 35.9 Å². The summed E-state index contributed by atoms with van der Waals surface area (Å²) in [4.78, 5) is 23.7. The second-order valence-electron chi connectivity index (χ2n) is 5.03. The fourth-order valence-electron chi connectivity index (χ4n) is 2.03. The van der Waals surface area contributed by atoms with Crippen LogP contribution in [0.1, 0.15) is 12.5 Å². The van der Waals surface area contributed by atoms with Gasteiger partial charge in [0.25, 0.3) is 0 Å². The number of amides is 1. The standard InChI is InChI=1S/C14H17NO5/c1-14(20-8-12(16)17)9-15(10-14)13(18)19-7-11-5-3-2-4-6-11/h2-6H,7-10H2,1H3,(H,16,17). The lowest BCUT2D eigenvalue weighted by Crippen LogP contribution is -2.63. The lowest BCUT2D eigenvalue weighted by molar-refractivity contribution is -0.161. The van der Waals surface area contributed by atoms with E-state index in [0.29, 0.717) is 13.1 Å². The monoisotopic (exact) mass is 279 g/mol. The van der Waals surface area contributed by atoms with Crippen LogP contribution >= 0.6 is 0 Å². The van der Waals surface area contributed by atoms with E-state index in [0.717, 1.165) is 5.56 Å². The van der Waals surface area contributed by atoms with Crippen LogP contribution in [0.3, 0.4) is 0 Å². The van der Waals surface area contributed by atoms with Crippen LogP contribution in [0.15, 0.2) is 30.3 Å². The van der Waals surface area contributed by atoms with Gasteiger partial charge in [0.1, 0.15) is 18.8 Å². The minimum atomic E-state index is -1.02. The van der Waals surface area contributed by atoms with Gasteiger partial charge < -0.3 is 19.5 Å². The molecule has 0 aliphatic carbocycles. The number of benzene rings is 1. The van der Waals surface area contributed by atoms with Gasteiger partial charge in [0.15, 0.2) is 0 Å². The van der Waals surface area contributed by atoms with Crippen molar-refractivity contribution in [1.82, 2.24) is 4.90 Å². The third kappa shape index (κ3) is 3.71. The average molecular weight is 279 g/mol. The van der Waals surface area contributed by atoms with E-state index in [4.69, 9.17) is 14.6 Å². The Bertz CT molecular complexity index is 482. The molecule has 0 saturated carbocycles. The minimum Gasteiger partial charge on any atom is -0.480 e. The van der Waals surface area contributed by atoms with Crippen molar-refractivity contribution in [2.24, 2.45) is 0 Å². The van der Waals surface area contributed by atoms with Gasteiger partial charge in [-0.15, -0.1) is 0 Å². The summed E-state index contributed by atoms with van der Waals surface area (Å²) in [6.07, 6.45) is -0.412. The molecular weight excluding hydrogens is 262 g/mol. The third-order valence-electron chi connectivity index (χ3n) is 3.06. The molecule has 0 radical (unpaired) electrons. The van der Waals surface area contributed by atoms with Gasteiger partial charge in [-0.1, -0.05) is 30.3 Å². The molecule has 0 spiro atoms. The van der Waals surface area contributed by atoms with Crippen LogP contribution in [0, 0.1) is 0 Å². The van der Waals surface area contributed by atoms with Gasteiger partial charge in [-0.25, -0.2) is 9.59 Å². The number of hydrogen-bond acceptors (Lipinski definition) is 4. The van der Waals surface area contributed by atoms with Crippen molar-refractivity contribution in [3.8, 4) is 0 Å². The number of aliphatic carboxylic acids is 1. The number of likely N-dealkylation sites (tertiary alicyclic amines) is 1. The Labute approximate surface area is 116 Å². The topological polar surface area (TPSA) is 76.1 Å². The smallest absolute Gasteiger partial charge is 0.410 e. The molecule has 0 atom stereocenters. The largest absolute Gasteiger partial charge is 0.480 e. The summed E-state index contributed by atoms with van der Waals surface area (Å²) in [6.45, 7) is 2.32. The number of carbonyl (C=O) groups is 2. The van der Waals surface area contributed by atoms with Crippen LogP contribution in [-0.4, -0.2) is 47.4 Å². The normalized spacial score (nSPS) is 16.4. The molecule has 0 bridgehead atoms. The Balaban J connectivity index is 1.72. The second kappa shape index (κ2) is 5.92. The number of rotatable bonds is 5. The van der Waals surface area contributed by atoms with E-state index in [9.17, 15) is 9.59 Å². The zero-order valence-corrected chi connectivity index (χ0v) is 11.2. The van der Waals surface area contributed by atoms with Crippen molar-refractivity contribution < 1.29 is 24.2 Å². The fourth-order valence-corrected chi connectivity index (χ4v) is 2.03. The lowest BCUT2D eigenvalue weighted by Gasteiger charge is -2.46. The zero-order chi connectivity index (χ0) is 14.6. The predicted molar refractivity (Wildman–Crippen MR) is 70.2 cm³/mol. The molecular formula is C14H17NO5. The van der Waals surface area contributed by atoms with Gasteiger partial charge in [0, 0.05) is 0 Å². The van der Waals surface area contributed by atoms with Gasteiger partial charge in [0.2, 0.25) is 0 Å². The number of carboxylic acid groups (broad SMARTS) is 1. The number of carboxylic acids is 1. The van der Waals surface area contributed by atoms with Crippen LogP contribution in [0.25, 0.3) is 0 Å². The van der Waals surface area contributed by atoms with E-state index in [-0.39, 0.29) is 13.2 Å². The Hall–Kier alpha value is -2.08. The first-order chi connectivity index (χ1) is 9.48. The van der Waals surface area contributed by atoms with Crippen LogP contribution in [0.5, 0.6) is 0 Å². The van der Waals surface area contributed by atoms with E-state index in [2.05, 4.69) is 0 Å². The van der Waals surface area contributed by atoms with E-state index >= 15 is 0 Å². The Morgan fingerprint density at radius 3 is 2.55 bits per heavy atom. The summed E-state index contributed by atoms with van der Waals surface area (Å²) in [5, 5.41) is 8.55. The molecule has 1 saturated heterocycles. The highest BCUT2D eigenvalue weighted by molar-refractivity contribution is 5.70. The summed E-state index contributed by atoms with van der Waals surface area (Å²) in [6, 6.07) is 9.41. The number of nitrogens with zero attached hydrogens (tertiary/aromatic N) is 1. The van der Waals surface area contributed by atoms with E-state index < -0.39 is 17.7 Å². The number of carbonyl (C=O) groups excluding carboxylic acids is 1. The first-order valence-corrected chi connectivity index (χ1v) is 6.30. The van der Waals surface area contributed by atoms with Gasteiger partial charge in [-0.2, -0.15) is 0 Å². The second-order valence-corrected chi connectivity index (χ2v) is 5.03. The molecule has 1 amide bonds. The van der Waals surface area contributed by atoms with Crippen molar-refractivity contribution >= 4 is 12.1 Å². The first kappa shape index (κ1) is 14.3. The maximum Gasteiger partial charge on any atom is 0.410 e. The molecule has 1 aromatic carbocycles. The Kier molecular flexibility index (Phi) is 4.24. The Morgan fingerprint density at radius 1 is 1.30 bits per heavy atom. The van der Waals surface area contributed by atoms with E-state index in [1.807, 2.05) is 30.3 Å². The summed E-state index contributed by atoms with van der Waals surface area (Å²) in [5.74, 6) is -1.02. The molecule has 6 nitrogen and oxygen atoms in total. The molecule has 1 aliphatic rings. The summed E-state index contributed by atoms with van der Waals surface area (Å²) in [7, 11) is 0. The average Bonchev–Trinajstić information content (AvgIpc) is 2.40. The molecule has 1 aromatic rings. The van der Waals surface area contributed by atoms with Crippen molar-refractivity contribution in [1.29, 1.82) is 0 Å². The van der Waals surface area contributed by atoms with E-state index in [1.54, 1.807) is 6.92 Å². The first-order valence-electron chi connectivity index (χ1n) is 6.30. The van der Waals surface area contributed by atoms with Crippen LogP contribution in [0.2, 0.25) is 0 Å². The molecule has 108 valence electrons. The van der Waals surface area contributed by atoms with E-state index in [1.165, 1.54) is 4.90 Å². The summed E-state index contributed by atoms with van der Waals surface area (Å²) < 4.78 is 10.4.